The number of hydrogen-bond acceptors (Lipinski definition) is 9. The molecule has 2 heterocycles. The van der Waals surface area contributed by atoms with Crippen molar-refractivity contribution >= 4 is 47.9 Å². The number of anilines is 1. The molecule has 0 atom stereocenters. The molecule has 3 N–H and O–H groups in total. The van der Waals surface area contributed by atoms with Crippen molar-refractivity contribution in [2.24, 2.45) is 0 Å². The van der Waals surface area contributed by atoms with Gasteiger partial charge >= 0.3 is 0 Å². The molecule has 5 rings (SSSR count). The quantitative estimate of drug-likeness (QED) is 0.272. The van der Waals surface area contributed by atoms with Crippen LogP contribution in [0.5, 0.6) is 0 Å². The van der Waals surface area contributed by atoms with Crippen LogP contribution in [-0.2, 0) is 19.7 Å². The SMILES string of the molecule is Cc1ccc(S(=O)(=O)c2[nH]c(-c3ccccc3)nc2Sc2sc(N)nc2S(=O)(=O)c2ccccc2)cc1. The molecule has 8 nitrogen and oxygen atoms in total. The van der Waals surface area contributed by atoms with Crippen LogP contribution in [-0.4, -0.2) is 31.8 Å². The van der Waals surface area contributed by atoms with Crippen molar-refractivity contribution in [2.45, 2.75) is 36.0 Å². The fraction of sp³-hybridized carbons (Fsp3) is 0.0400. The van der Waals surface area contributed by atoms with Crippen molar-refractivity contribution in [1.82, 2.24) is 15.0 Å². The minimum absolute atomic E-state index is 0.0405. The zero-order valence-corrected chi connectivity index (χ0v) is 22.6. The molecule has 0 fully saturated rings. The van der Waals surface area contributed by atoms with Crippen LogP contribution in [0.2, 0.25) is 0 Å². The van der Waals surface area contributed by atoms with Crippen LogP contribution in [0.25, 0.3) is 11.4 Å². The van der Waals surface area contributed by atoms with Gasteiger partial charge in [0.2, 0.25) is 19.7 Å². The largest absolute Gasteiger partial charge is 0.375 e. The standard InChI is InChI=1S/C25H20N4O4S4/c1-16-12-14-19(15-13-16)36(30,31)22-21(27-20(28-22)17-8-4-2-5-9-17)34-24-23(29-25(26)35-24)37(32,33)18-10-6-3-7-11-18/h2-15H,1H3,(H2,26,29)(H,27,28). The number of aromatic nitrogens is 3. The average Bonchev–Trinajstić information content (AvgIpc) is 3.50. The highest BCUT2D eigenvalue weighted by Gasteiger charge is 2.31. The molecule has 0 unspecified atom stereocenters. The lowest BCUT2D eigenvalue weighted by molar-refractivity contribution is 0.589. The maximum atomic E-state index is 13.7. The average molecular weight is 569 g/mol. The fourth-order valence-corrected chi connectivity index (χ4v) is 9.04. The lowest BCUT2D eigenvalue weighted by Crippen LogP contribution is -2.05. The molecule has 12 heteroatoms. The van der Waals surface area contributed by atoms with Crippen molar-refractivity contribution < 1.29 is 16.8 Å². The Kier molecular flexibility index (Phi) is 6.67. The van der Waals surface area contributed by atoms with Gasteiger partial charge in [0.1, 0.15) is 15.1 Å². The maximum absolute atomic E-state index is 13.7. The minimum atomic E-state index is -4.02. The molecule has 188 valence electrons. The summed E-state index contributed by atoms with van der Waals surface area (Å²) >= 11 is 1.85. The second-order valence-electron chi connectivity index (χ2n) is 7.97. The Labute approximate surface area is 222 Å². The number of nitrogens with zero attached hydrogens (tertiary/aromatic N) is 2. The fourth-order valence-electron chi connectivity index (χ4n) is 3.50. The number of nitrogens with one attached hydrogen (secondary N) is 1. The number of sulfone groups is 2. The van der Waals surface area contributed by atoms with Gasteiger partial charge in [-0.15, -0.1) is 0 Å². The summed E-state index contributed by atoms with van der Waals surface area (Å²) in [4.78, 5) is 11.7. The molecule has 0 saturated carbocycles. The molecule has 0 aliphatic heterocycles. The molecule has 0 saturated heterocycles. The van der Waals surface area contributed by atoms with Crippen molar-refractivity contribution in [3.05, 3.63) is 90.5 Å². The molecule has 0 bridgehead atoms. The second kappa shape index (κ2) is 9.78. The number of nitrogens with two attached hydrogens (primary N) is 1. The van der Waals surface area contributed by atoms with E-state index in [1.165, 1.54) is 24.3 Å². The molecular weight excluding hydrogens is 549 g/mol. The van der Waals surface area contributed by atoms with Crippen molar-refractivity contribution in [1.29, 1.82) is 0 Å². The molecule has 0 aliphatic rings. The van der Waals surface area contributed by atoms with Gasteiger partial charge in [-0.3, -0.25) is 0 Å². The number of aromatic amines is 1. The van der Waals surface area contributed by atoms with Crippen LogP contribution < -0.4 is 5.73 Å². The van der Waals surface area contributed by atoms with E-state index < -0.39 is 19.7 Å². The van der Waals surface area contributed by atoms with Gasteiger partial charge in [0.25, 0.3) is 0 Å². The van der Waals surface area contributed by atoms with Gasteiger partial charge in [-0.1, -0.05) is 89.3 Å². The van der Waals surface area contributed by atoms with E-state index in [9.17, 15) is 16.8 Å². The number of nitrogen functional groups attached to an aromatic ring is 1. The van der Waals surface area contributed by atoms with Gasteiger partial charge < -0.3 is 10.7 Å². The Morgan fingerprint density at radius 2 is 1.38 bits per heavy atom. The first-order valence-corrected chi connectivity index (χ1v) is 15.5. The van der Waals surface area contributed by atoms with E-state index in [-0.39, 0.29) is 34.2 Å². The van der Waals surface area contributed by atoms with Gasteiger partial charge in [0.05, 0.1) is 9.79 Å². The zero-order valence-electron chi connectivity index (χ0n) is 19.3. The van der Waals surface area contributed by atoms with E-state index in [1.54, 1.807) is 42.5 Å². The second-order valence-corrected chi connectivity index (χ2v) is 14.0. The molecule has 5 aromatic rings. The van der Waals surface area contributed by atoms with E-state index >= 15 is 0 Å². The number of H-pyrrole nitrogens is 1. The van der Waals surface area contributed by atoms with E-state index in [0.29, 0.717) is 11.4 Å². The Hall–Kier alpha value is -3.45. The molecule has 0 amide bonds. The summed E-state index contributed by atoms with van der Waals surface area (Å²) in [5.41, 5.74) is 7.51. The lowest BCUT2D eigenvalue weighted by Gasteiger charge is -2.06. The van der Waals surface area contributed by atoms with E-state index in [0.717, 1.165) is 28.7 Å². The Bertz CT molecular complexity index is 1780. The maximum Gasteiger partial charge on any atom is 0.225 e. The Balaban J connectivity index is 1.65. The minimum Gasteiger partial charge on any atom is -0.375 e. The monoisotopic (exact) mass is 568 g/mol. The van der Waals surface area contributed by atoms with Crippen LogP contribution >= 0.6 is 23.1 Å². The van der Waals surface area contributed by atoms with Gasteiger partial charge in [0.15, 0.2) is 15.2 Å². The van der Waals surface area contributed by atoms with E-state index in [2.05, 4.69) is 15.0 Å². The lowest BCUT2D eigenvalue weighted by atomic mass is 10.2. The van der Waals surface area contributed by atoms with Crippen LogP contribution in [0.4, 0.5) is 5.13 Å². The third-order valence-electron chi connectivity index (χ3n) is 5.37. The number of aryl methyl sites for hydroxylation is 1. The zero-order chi connectivity index (χ0) is 26.2. The number of benzene rings is 3. The first kappa shape index (κ1) is 25.2. The number of hydrogen-bond donors (Lipinski definition) is 2. The smallest absolute Gasteiger partial charge is 0.225 e. The van der Waals surface area contributed by atoms with E-state index in [4.69, 9.17) is 5.73 Å². The van der Waals surface area contributed by atoms with Crippen molar-refractivity contribution in [3.63, 3.8) is 0 Å². The van der Waals surface area contributed by atoms with Gasteiger partial charge in [-0.05, 0) is 31.2 Å². The molecule has 0 aliphatic carbocycles. The molecule has 0 radical (unpaired) electrons. The normalized spacial score (nSPS) is 12.0. The predicted molar refractivity (Wildman–Crippen MR) is 143 cm³/mol. The third kappa shape index (κ3) is 4.92. The first-order chi connectivity index (χ1) is 17.7. The summed E-state index contributed by atoms with van der Waals surface area (Å²) < 4.78 is 54.3. The van der Waals surface area contributed by atoms with Crippen molar-refractivity contribution in [3.8, 4) is 11.4 Å². The van der Waals surface area contributed by atoms with Gasteiger partial charge in [0, 0.05) is 5.56 Å². The molecule has 37 heavy (non-hydrogen) atoms. The predicted octanol–water partition coefficient (Wildman–Crippen LogP) is 5.24. The van der Waals surface area contributed by atoms with Gasteiger partial charge in [-0.2, -0.15) is 0 Å². The Morgan fingerprint density at radius 3 is 2.03 bits per heavy atom. The molecule has 2 aromatic heterocycles. The summed E-state index contributed by atoms with van der Waals surface area (Å²) in [7, 11) is -8.03. The highest BCUT2D eigenvalue weighted by atomic mass is 32.2. The summed E-state index contributed by atoms with van der Waals surface area (Å²) in [5.74, 6) is 0.332. The topological polar surface area (TPSA) is 136 Å². The summed E-state index contributed by atoms with van der Waals surface area (Å²) in [6, 6.07) is 23.4. The molecular formula is C25H20N4O4S4. The number of thiazole rings is 1. The third-order valence-corrected chi connectivity index (χ3v) is 11.2. The van der Waals surface area contributed by atoms with Crippen molar-refractivity contribution in [2.75, 3.05) is 5.73 Å². The Morgan fingerprint density at radius 1 is 0.784 bits per heavy atom. The van der Waals surface area contributed by atoms with Crippen LogP contribution in [0.15, 0.2) is 114 Å². The van der Waals surface area contributed by atoms with E-state index in [1.807, 2.05) is 25.1 Å². The summed E-state index contributed by atoms with van der Waals surface area (Å²) in [6.45, 7) is 1.87. The first-order valence-electron chi connectivity index (χ1n) is 10.9. The highest BCUT2D eigenvalue weighted by molar-refractivity contribution is 8.02. The van der Waals surface area contributed by atoms with Gasteiger partial charge in [-0.25, -0.2) is 26.8 Å². The number of rotatable bonds is 7. The summed E-state index contributed by atoms with van der Waals surface area (Å²) in [6.07, 6.45) is 0. The summed E-state index contributed by atoms with van der Waals surface area (Å²) in [5, 5.41) is -0.254. The highest BCUT2D eigenvalue weighted by Crippen LogP contribution is 2.43. The van der Waals surface area contributed by atoms with Crippen LogP contribution in [0, 0.1) is 6.92 Å². The van der Waals surface area contributed by atoms with Crippen LogP contribution in [0.3, 0.4) is 0 Å². The number of imidazole rings is 1. The molecule has 0 spiro atoms. The van der Waals surface area contributed by atoms with Crippen LogP contribution in [0.1, 0.15) is 5.56 Å². The molecule has 3 aromatic carbocycles.